The summed E-state index contributed by atoms with van der Waals surface area (Å²) in [4.78, 5) is 17.1. The van der Waals surface area contributed by atoms with Crippen molar-refractivity contribution in [3.05, 3.63) is 28.3 Å². The molecule has 6 heteroatoms. The van der Waals surface area contributed by atoms with Crippen molar-refractivity contribution in [3.63, 3.8) is 0 Å². The number of nitrogens with one attached hydrogen (secondary N) is 1. The molecule has 5 nitrogen and oxygen atoms in total. The first-order chi connectivity index (χ1) is 13.0. The summed E-state index contributed by atoms with van der Waals surface area (Å²) in [6, 6.07) is 2.07. The average molecular weight is 391 g/mol. The summed E-state index contributed by atoms with van der Waals surface area (Å²) < 4.78 is 11.8. The van der Waals surface area contributed by atoms with Gasteiger partial charge in [-0.15, -0.1) is 0 Å². The van der Waals surface area contributed by atoms with Crippen LogP contribution in [0.4, 0.5) is 0 Å². The van der Waals surface area contributed by atoms with Crippen molar-refractivity contribution in [2.24, 2.45) is 5.92 Å². The van der Waals surface area contributed by atoms with Crippen LogP contribution in [-0.4, -0.2) is 29.6 Å². The molecule has 2 aromatic rings. The Labute approximate surface area is 165 Å². The fourth-order valence-electron chi connectivity index (χ4n) is 3.43. The van der Waals surface area contributed by atoms with Crippen molar-refractivity contribution in [2.45, 2.75) is 71.4 Å². The quantitative estimate of drug-likeness (QED) is 0.707. The highest BCUT2D eigenvalue weighted by Gasteiger charge is 2.27. The number of nitrogens with zero attached hydrogens (tertiary/aromatic N) is 1. The molecular formula is C21H30N2O3S. The lowest BCUT2D eigenvalue weighted by atomic mass is 9.92. The summed E-state index contributed by atoms with van der Waals surface area (Å²) >= 11 is 1.60. The Hall–Kier alpha value is -1.66. The Balaban J connectivity index is 1.56. The Morgan fingerprint density at radius 2 is 2.22 bits per heavy atom. The summed E-state index contributed by atoms with van der Waals surface area (Å²) in [5, 5.41) is 7.17. The zero-order chi connectivity index (χ0) is 19.2. The van der Waals surface area contributed by atoms with Crippen molar-refractivity contribution in [1.29, 1.82) is 0 Å². The molecule has 0 aliphatic heterocycles. The molecule has 0 aromatic carbocycles. The van der Waals surface area contributed by atoms with Crippen molar-refractivity contribution in [2.75, 3.05) is 6.61 Å². The number of carbonyl (C=O) groups excluding carboxylic acids is 1. The lowest BCUT2D eigenvalue weighted by Gasteiger charge is -2.32. The van der Waals surface area contributed by atoms with Gasteiger partial charge in [-0.3, -0.25) is 4.79 Å². The molecule has 2 aromatic heterocycles. The minimum absolute atomic E-state index is 0.00683. The van der Waals surface area contributed by atoms with Crippen LogP contribution in [0.1, 0.15) is 57.4 Å². The molecule has 1 aliphatic carbocycles. The first-order valence-corrected chi connectivity index (χ1v) is 10.9. The molecule has 0 radical (unpaired) electrons. The lowest BCUT2D eigenvalue weighted by molar-refractivity contribution is -0.123. The summed E-state index contributed by atoms with van der Waals surface area (Å²) in [7, 11) is 0. The minimum atomic E-state index is -0.00683. The molecule has 148 valence electrons. The van der Waals surface area contributed by atoms with Crippen LogP contribution in [0.25, 0.3) is 11.5 Å². The summed E-state index contributed by atoms with van der Waals surface area (Å²) in [5.41, 5.74) is 1.67. The number of ether oxygens (including phenoxy) is 1. The maximum Gasteiger partial charge on any atom is 0.227 e. The molecule has 1 amide bonds. The number of hydrogen-bond donors (Lipinski definition) is 1. The van der Waals surface area contributed by atoms with E-state index in [1.807, 2.05) is 23.8 Å². The van der Waals surface area contributed by atoms with E-state index in [0.29, 0.717) is 23.3 Å². The van der Waals surface area contributed by atoms with E-state index < -0.39 is 0 Å². The van der Waals surface area contributed by atoms with Crippen LogP contribution in [-0.2, 0) is 16.0 Å². The predicted octanol–water partition coefficient (Wildman–Crippen LogP) is 4.74. The van der Waals surface area contributed by atoms with Gasteiger partial charge < -0.3 is 14.5 Å². The molecule has 2 heterocycles. The summed E-state index contributed by atoms with van der Waals surface area (Å²) in [5.74, 6) is 1.92. The number of carbonyl (C=O) groups is 1. The summed E-state index contributed by atoms with van der Waals surface area (Å²) in [6.45, 7) is 7.03. The molecule has 1 fully saturated rings. The van der Waals surface area contributed by atoms with Crippen molar-refractivity contribution < 1.29 is 13.9 Å². The Kier molecular flexibility index (Phi) is 7.07. The zero-order valence-electron chi connectivity index (χ0n) is 16.5. The molecule has 1 aliphatic rings. The number of aryl methyl sites for hydroxylation is 1. The number of rotatable bonds is 8. The van der Waals surface area contributed by atoms with Gasteiger partial charge in [0.15, 0.2) is 0 Å². The first kappa shape index (κ1) is 20.1. The normalized spacial score (nSPS) is 20.1. The van der Waals surface area contributed by atoms with E-state index in [0.717, 1.165) is 37.9 Å². The number of hydrogen-bond acceptors (Lipinski definition) is 5. The standard InChI is InChI=1S/C21H30N2O3S/c1-14(2)8-10-25-19-7-5-4-6-17(19)22-20(24)12-18-15(3)26-21(23-18)16-9-11-27-13-16/h9,11,13-14,17,19H,4-8,10,12H2,1-3H3,(H,22,24)/t17-,19+/m0/s1. The molecule has 1 N–H and O–H groups in total. The third-order valence-electron chi connectivity index (χ3n) is 5.06. The van der Waals surface area contributed by atoms with E-state index in [1.165, 1.54) is 6.42 Å². The van der Waals surface area contributed by atoms with Crippen LogP contribution in [0.15, 0.2) is 21.2 Å². The van der Waals surface area contributed by atoms with Crippen molar-refractivity contribution in [3.8, 4) is 11.5 Å². The zero-order valence-corrected chi connectivity index (χ0v) is 17.3. The van der Waals surface area contributed by atoms with Gasteiger partial charge in [-0.1, -0.05) is 26.7 Å². The van der Waals surface area contributed by atoms with Gasteiger partial charge in [0.05, 0.1) is 24.3 Å². The van der Waals surface area contributed by atoms with Crippen LogP contribution < -0.4 is 5.32 Å². The maximum absolute atomic E-state index is 12.6. The van der Waals surface area contributed by atoms with E-state index in [2.05, 4.69) is 24.1 Å². The fourth-order valence-corrected chi connectivity index (χ4v) is 4.06. The van der Waals surface area contributed by atoms with E-state index >= 15 is 0 Å². The SMILES string of the molecule is Cc1oc(-c2ccsc2)nc1CC(=O)N[C@H]1CCCC[C@H]1OCCC(C)C. The van der Waals surface area contributed by atoms with Gasteiger partial charge in [-0.05, 0) is 43.6 Å². The number of oxazole rings is 1. The highest BCUT2D eigenvalue weighted by Crippen LogP contribution is 2.25. The van der Waals surface area contributed by atoms with Crippen LogP contribution >= 0.6 is 11.3 Å². The molecule has 2 atom stereocenters. The highest BCUT2D eigenvalue weighted by molar-refractivity contribution is 7.08. The second-order valence-corrected chi connectivity index (χ2v) is 8.54. The third kappa shape index (κ3) is 5.66. The second-order valence-electron chi connectivity index (χ2n) is 7.76. The number of aromatic nitrogens is 1. The van der Waals surface area contributed by atoms with Gasteiger partial charge in [0.25, 0.3) is 0 Å². The third-order valence-corrected chi connectivity index (χ3v) is 5.75. The molecule has 27 heavy (non-hydrogen) atoms. The van der Waals surface area contributed by atoms with Gasteiger partial charge in [-0.25, -0.2) is 4.98 Å². The summed E-state index contributed by atoms with van der Waals surface area (Å²) in [6.07, 6.45) is 5.74. The van der Waals surface area contributed by atoms with E-state index in [-0.39, 0.29) is 24.5 Å². The average Bonchev–Trinajstić information content (AvgIpc) is 3.26. The van der Waals surface area contributed by atoms with E-state index in [4.69, 9.17) is 9.15 Å². The van der Waals surface area contributed by atoms with Gasteiger partial charge in [0.2, 0.25) is 11.8 Å². The smallest absolute Gasteiger partial charge is 0.227 e. The molecule has 0 unspecified atom stereocenters. The van der Waals surface area contributed by atoms with E-state index in [9.17, 15) is 4.79 Å². The van der Waals surface area contributed by atoms with Crippen LogP contribution in [0.2, 0.25) is 0 Å². The van der Waals surface area contributed by atoms with E-state index in [1.54, 1.807) is 11.3 Å². The molecule has 0 saturated heterocycles. The van der Waals surface area contributed by atoms with Crippen molar-refractivity contribution >= 4 is 17.2 Å². The van der Waals surface area contributed by atoms with Gasteiger partial charge in [0, 0.05) is 17.6 Å². The first-order valence-electron chi connectivity index (χ1n) is 9.92. The molecule has 0 bridgehead atoms. The molecule has 1 saturated carbocycles. The van der Waals surface area contributed by atoms with Gasteiger partial charge in [-0.2, -0.15) is 11.3 Å². The maximum atomic E-state index is 12.6. The predicted molar refractivity (Wildman–Crippen MR) is 108 cm³/mol. The van der Waals surface area contributed by atoms with Gasteiger partial charge >= 0.3 is 0 Å². The lowest BCUT2D eigenvalue weighted by Crippen LogP contribution is -2.47. The number of thiophene rings is 1. The van der Waals surface area contributed by atoms with Gasteiger partial charge in [0.1, 0.15) is 5.76 Å². The van der Waals surface area contributed by atoms with Crippen molar-refractivity contribution in [1.82, 2.24) is 10.3 Å². The fraction of sp³-hybridized carbons (Fsp3) is 0.619. The molecule has 3 rings (SSSR count). The molecule has 0 spiro atoms. The monoisotopic (exact) mass is 390 g/mol. The number of amides is 1. The Morgan fingerprint density at radius 3 is 2.96 bits per heavy atom. The largest absolute Gasteiger partial charge is 0.441 e. The Bertz CT molecular complexity index is 724. The Morgan fingerprint density at radius 1 is 1.41 bits per heavy atom. The topological polar surface area (TPSA) is 64.4 Å². The minimum Gasteiger partial charge on any atom is -0.441 e. The van der Waals surface area contributed by atoms with Crippen LogP contribution in [0.5, 0.6) is 0 Å². The van der Waals surface area contributed by atoms with Crippen LogP contribution in [0.3, 0.4) is 0 Å². The van der Waals surface area contributed by atoms with Crippen LogP contribution in [0, 0.1) is 12.8 Å². The molecular weight excluding hydrogens is 360 g/mol. The second kappa shape index (κ2) is 9.51. The highest BCUT2D eigenvalue weighted by atomic mass is 32.1.